The van der Waals surface area contributed by atoms with Crippen LogP contribution in [0.2, 0.25) is 0 Å². The van der Waals surface area contributed by atoms with Crippen LogP contribution in [-0.4, -0.2) is 42.4 Å². The van der Waals surface area contributed by atoms with Gasteiger partial charge in [-0.3, -0.25) is 4.79 Å². The van der Waals surface area contributed by atoms with Crippen LogP contribution in [-0.2, 0) is 16.0 Å². The van der Waals surface area contributed by atoms with E-state index in [2.05, 4.69) is 10.6 Å². The molecule has 0 radical (unpaired) electrons. The third-order valence-corrected chi connectivity index (χ3v) is 3.59. The SMILES string of the molecule is COC(C)(C)CNC(=O)NC(CCC(=O)O)Cc1ccccc1. The molecule has 0 spiro atoms. The molecule has 1 aromatic rings. The van der Waals surface area contributed by atoms with Crippen molar-refractivity contribution in [2.75, 3.05) is 13.7 Å². The molecule has 0 aliphatic carbocycles. The number of urea groups is 1. The van der Waals surface area contributed by atoms with Gasteiger partial charge in [-0.1, -0.05) is 30.3 Å². The summed E-state index contributed by atoms with van der Waals surface area (Å²) >= 11 is 0. The van der Waals surface area contributed by atoms with Crippen LogP contribution < -0.4 is 10.6 Å². The summed E-state index contributed by atoms with van der Waals surface area (Å²) in [4.78, 5) is 22.8. The highest BCUT2D eigenvalue weighted by Crippen LogP contribution is 2.08. The lowest BCUT2D eigenvalue weighted by Crippen LogP contribution is -2.48. The quantitative estimate of drug-likeness (QED) is 0.650. The molecule has 1 unspecified atom stereocenters. The van der Waals surface area contributed by atoms with E-state index in [1.54, 1.807) is 7.11 Å². The summed E-state index contributed by atoms with van der Waals surface area (Å²) in [5.74, 6) is -0.870. The molecule has 0 saturated heterocycles. The first-order valence-electron chi connectivity index (χ1n) is 7.67. The number of benzene rings is 1. The van der Waals surface area contributed by atoms with Crippen LogP contribution in [0.3, 0.4) is 0 Å². The molecule has 0 fully saturated rings. The highest BCUT2D eigenvalue weighted by Gasteiger charge is 2.19. The van der Waals surface area contributed by atoms with Crippen molar-refractivity contribution >= 4 is 12.0 Å². The van der Waals surface area contributed by atoms with Gasteiger partial charge in [-0.25, -0.2) is 4.79 Å². The van der Waals surface area contributed by atoms with Crippen molar-refractivity contribution in [3.63, 3.8) is 0 Å². The number of aliphatic carboxylic acids is 1. The minimum Gasteiger partial charge on any atom is -0.481 e. The molecule has 1 aromatic carbocycles. The van der Waals surface area contributed by atoms with Crippen LogP contribution in [0.5, 0.6) is 0 Å². The summed E-state index contributed by atoms with van der Waals surface area (Å²) in [6, 6.07) is 9.13. The fourth-order valence-corrected chi connectivity index (χ4v) is 2.02. The van der Waals surface area contributed by atoms with Crippen molar-refractivity contribution < 1.29 is 19.4 Å². The number of carbonyl (C=O) groups excluding carboxylic acids is 1. The molecule has 3 N–H and O–H groups in total. The number of hydrogen-bond acceptors (Lipinski definition) is 3. The van der Waals surface area contributed by atoms with Crippen molar-refractivity contribution in [3.8, 4) is 0 Å². The highest BCUT2D eigenvalue weighted by molar-refractivity contribution is 5.74. The van der Waals surface area contributed by atoms with E-state index < -0.39 is 11.6 Å². The maximum Gasteiger partial charge on any atom is 0.315 e. The molecule has 1 rings (SSSR count). The van der Waals surface area contributed by atoms with Gasteiger partial charge >= 0.3 is 12.0 Å². The summed E-state index contributed by atoms with van der Waals surface area (Å²) in [6.07, 6.45) is 0.988. The number of methoxy groups -OCH3 is 1. The van der Waals surface area contributed by atoms with E-state index in [-0.39, 0.29) is 18.5 Å². The van der Waals surface area contributed by atoms with Crippen LogP contribution >= 0.6 is 0 Å². The Bertz CT molecular complexity index is 503. The lowest BCUT2D eigenvalue weighted by Gasteiger charge is -2.24. The number of carboxylic acid groups (broad SMARTS) is 1. The standard InChI is InChI=1S/C17H26N2O4/c1-17(2,23-3)12-18-16(22)19-14(9-10-15(20)21)11-13-7-5-4-6-8-13/h4-8,14H,9-12H2,1-3H3,(H,20,21)(H2,18,19,22). The van der Waals surface area contributed by atoms with Gasteiger partial charge in [0.2, 0.25) is 0 Å². The molecular formula is C17H26N2O4. The number of amides is 2. The Hall–Kier alpha value is -2.08. The van der Waals surface area contributed by atoms with E-state index in [9.17, 15) is 9.59 Å². The fraction of sp³-hybridized carbons (Fsp3) is 0.529. The number of nitrogens with one attached hydrogen (secondary N) is 2. The van der Waals surface area contributed by atoms with Gasteiger partial charge in [0.05, 0.1) is 5.60 Å². The summed E-state index contributed by atoms with van der Waals surface area (Å²) in [6.45, 7) is 4.12. The van der Waals surface area contributed by atoms with Crippen LogP contribution in [0.25, 0.3) is 0 Å². The summed E-state index contributed by atoms with van der Waals surface area (Å²) in [7, 11) is 1.59. The minimum atomic E-state index is -0.870. The number of hydrogen-bond donors (Lipinski definition) is 3. The van der Waals surface area contributed by atoms with Crippen molar-refractivity contribution in [2.24, 2.45) is 0 Å². The van der Waals surface area contributed by atoms with Crippen LogP contribution in [0.4, 0.5) is 4.79 Å². The molecule has 0 aromatic heterocycles. The van der Waals surface area contributed by atoms with E-state index >= 15 is 0 Å². The van der Waals surface area contributed by atoms with E-state index in [4.69, 9.17) is 9.84 Å². The zero-order valence-electron chi connectivity index (χ0n) is 14.0. The van der Waals surface area contributed by atoms with Crippen molar-refractivity contribution in [3.05, 3.63) is 35.9 Å². The second-order valence-corrected chi connectivity index (χ2v) is 6.11. The molecule has 23 heavy (non-hydrogen) atoms. The summed E-state index contributed by atoms with van der Waals surface area (Å²) in [5, 5.41) is 14.5. The topological polar surface area (TPSA) is 87.7 Å². The average Bonchev–Trinajstić information content (AvgIpc) is 2.52. The van der Waals surface area contributed by atoms with Gasteiger partial charge in [0.25, 0.3) is 0 Å². The van der Waals surface area contributed by atoms with Crippen LogP contribution in [0.15, 0.2) is 30.3 Å². The second kappa shape index (κ2) is 9.15. The molecule has 6 heteroatoms. The Morgan fingerprint density at radius 1 is 1.26 bits per heavy atom. The smallest absolute Gasteiger partial charge is 0.315 e. The predicted molar refractivity (Wildman–Crippen MR) is 88.4 cm³/mol. The normalized spacial score (nSPS) is 12.5. The Kier molecular flexibility index (Phi) is 7.54. The van der Waals surface area contributed by atoms with Gasteiger partial charge in [0.15, 0.2) is 0 Å². The Morgan fingerprint density at radius 2 is 1.91 bits per heavy atom. The van der Waals surface area contributed by atoms with E-state index in [1.165, 1.54) is 0 Å². The number of ether oxygens (including phenoxy) is 1. The fourth-order valence-electron chi connectivity index (χ4n) is 2.02. The molecule has 0 saturated carbocycles. The molecule has 1 atom stereocenters. The lowest BCUT2D eigenvalue weighted by atomic mass is 10.0. The largest absolute Gasteiger partial charge is 0.481 e. The van der Waals surface area contributed by atoms with Gasteiger partial charge in [-0.2, -0.15) is 0 Å². The first-order chi connectivity index (χ1) is 10.8. The maximum absolute atomic E-state index is 12.0. The third kappa shape index (κ3) is 8.21. The Morgan fingerprint density at radius 3 is 2.48 bits per heavy atom. The van der Waals surface area contributed by atoms with Crippen LogP contribution in [0.1, 0.15) is 32.3 Å². The predicted octanol–water partition coefficient (Wildman–Crippen LogP) is 2.19. The summed E-state index contributed by atoms with van der Waals surface area (Å²) in [5.41, 5.74) is 0.605. The maximum atomic E-state index is 12.0. The number of carboxylic acids is 1. The Balaban J connectivity index is 2.57. The monoisotopic (exact) mass is 322 g/mol. The third-order valence-electron chi connectivity index (χ3n) is 3.59. The van der Waals surface area contributed by atoms with Crippen LogP contribution in [0, 0.1) is 0 Å². The minimum absolute atomic E-state index is 0.0152. The number of carbonyl (C=O) groups is 2. The lowest BCUT2D eigenvalue weighted by molar-refractivity contribution is -0.137. The molecule has 0 bridgehead atoms. The van der Waals surface area contributed by atoms with Crippen molar-refractivity contribution in [1.29, 1.82) is 0 Å². The molecular weight excluding hydrogens is 296 g/mol. The first kappa shape index (κ1) is 19.0. The average molecular weight is 322 g/mol. The first-order valence-corrected chi connectivity index (χ1v) is 7.67. The molecule has 0 heterocycles. The molecule has 6 nitrogen and oxygen atoms in total. The molecule has 2 amide bonds. The molecule has 0 aliphatic heterocycles. The van der Waals surface area contributed by atoms with Crippen molar-refractivity contribution in [2.45, 2.75) is 44.8 Å². The van der Waals surface area contributed by atoms with E-state index in [0.29, 0.717) is 19.4 Å². The van der Waals surface area contributed by atoms with Gasteiger partial charge in [0.1, 0.15) is 0 Å². The van der Waals surface area contributed by atoms with Gasteiger partial charge in [0, 0.05) is 26.1 Å². The van der Waals surface area contributed by atoms with Crippen molar-refractivity contribution in [1.82, 2.24) is 10.6 Å². The zero-order valence-corrected chi connectivity index (χ0v) is 14.0. The van der Waals surface area contributed by atoms with E-state index in [0.717, 1.165) is 5.56 Å². The second-order valence-electron chi connectivity index (χ2n) is 6.11. The van der Waals surface area contributed by atoms with Gasteiger partial charge in [-0.05, 0) is 32.3 Å². The zero-order chi connectivity index (χ0) is 17.3. The highest BCUT2D eigenvalue weighted by atomic mass is 16.5. The molecule has 128 valence electrons. The molecule has 0 aliphatic rings. The van der Waals surface area contributed by atoms with Gasteiger partial charge in [-0.15, -0.1) is 0 Å². The van der Waals surface area contributed by atoms with E-state index in [1.807, 2.05) is 44.2 Å². The summed E-state index contributed by atoms with van der Waals surface area (Å²) < 4.78 is 5.25. The number of rotatable bonds is 9. The van der Waals surface area contributed by atoms with Gasteiger partial charge < -0.3 is 20.5 Å². The Labute approximate surface area is 137 Å².